The summed E-state index contributed by atoms with van der Waals surface area (Å²) in [6.07, 6.45) is 1.47. The minimum atomic E-state index is -0.373. The van der Waals surface area contributed by atoms with E-state index < -0.39 is 0 Å². The molecule has 0 radical (unpaired) electrons. The van der Waals surface area contributed by atoms with Crippen LogP contribution in [0.3, 0.4) is 0 Å². The van der Waals surface area contributed by atoms with E-state index in [4.69, 9.17) is 11.6 Å². The van der Waals surface area contributed by atoms with Crippen LogP contribution in [0, 0.1) is 6.92 Å². The third kappa shape index (κ3) is 4.10. The van der Waals surface area contributed by atoms with E-state index in [0.717, 1.165) is 16.9 Å². The van der Waals surface area contributed by atoms with Crippen molar-refractivity contribution in [2.75, 3.05) is 17.7 Å². The van der Waals surface area contributed by atoms with Crippen LogP contribution < -0.4 is 10.6 Å². The first-order chi connectivity index (χ1) is 12.6. The molecule has 26 heavy (non-hydrogen) atoms. The van der Waals surface area contributed by atoms with Crippen molar-refractivity contribution >= 4 is 40.6 Å². The smallest absolute Gasteiger partial charge is 0.337 e. The number of methoxy groups -OCH3 is 1. The molecule has 0 amide bonds. The molecule has 2 N–H and O–H groups in total. The maximum atomic E-state index is 11.5. The van der Waals surface area contributed by atoms with Gasteiger partial charge in [0.25, 0.3) is 0 Å². The molecular weight excluding hydrogens is 352 g/mol. The van der Waals surface area contributed by atoms with Gasteiger partial charge >= 0.3 is 5.97 Å². The number of rotatable bonds is 5. The standard InChI is InChI=1S/C19H17ClN4O2/c1-12-15(20)4-3-5-16(12)24-18-10-17(21-11-22-18)23-14-8-6-13(7-9-14)19(25)26-2/h3-11H,1-2H3,(H2,21,22,23,24). The number of anilines is 4. The highest BCUT2D eigenvalue weighted by atomic mass is 35.5. The van der Waals surface area contributed by atoms with Crippen LogP contribution in [-0.2, 0) is 4.74 Å². The van der Waals surface area contributed by atoms with E-state index in [0.29, 0.717) is 22.2 Å². The Bertz CT molecular complexity index is 929. The van der Waals surface area contributed by atoms with Crippen LogP contribution in [0.2, 0.25) is 5.02 Å². The molecule has 0 aliphatic heterocycles. The highest BCUT2D eigenvalue weighted by molar-refractivity contribution is 6.31. The predicted octanol–water partition coefficient (Wildman–Crippen LogP) is 4.71. The van der Waals surface area contributed by atoms with Gasteiger partial charge in [0, 0.05) is 22.5 Å². The number of esters is 1. The van der Waals surface area contributed by atoms with Gasteiger partial charge in [-0.3, -0.25) is 0 Å². The molecule has 0 aliphatic carbocycles. The lowest BCUT2D eigenvalue weighted by atomic mass is 10.2. The molecule has 0 atom stereocenters. The van der Waals surface area contributed by atoms with Crippen LogP contribution in [0.25, 0.3) is 0 Å². The fourth-order valence-corrected chi connectivity index (χ4v) is 2.50. The third-order valence-corrected chi connectivity index (χ3v) is 4.19. The van der Waals surface area contributed by atoms with Gasteiger partial charge in [-0.1, -0.05) is 17.7 Å². The monoisotopic (exact) mass is 368 g/mol. The summed E-state index contributed by atoms with van der Waals surface area (Å²) in [6.45, 7) is 1.94. The summed E-state index contributed by atoms with van der Waals surface area (Å²) in [5, 5.41) is 7.09. The molecule has 3 aromatic rings. The lowest BCUT2D eigenvalue weighted by Gasteiger charge is -2.11. The minimum Gasteiger partial charge on any atom is -0.465 e. The maximum absolute atomic E-state index is 11.5. The summed E-state index contributed by atoms with van der Waals surface area (Å²) in [6, 6.07) is 14.4. The summed E-state index contributed by atoms with van der Waals surface area (Å²) in [4.78, 5) is 19.9. The Morgan fingerprint density at radius 2 is 1.73 bits per heavy atom. The van der Waals surface area contributed by atoms with Gasteiger partial charge in [-0.05, 0) is 48.9 Å². The Kier molecular flexibility index (Phi) is 5.34. The number of carbonyl (C=O) groups excluding carboxylic acids is 1. The van der Waals surface area contributed by atoms with Gasteiger partial charge < -0.3 is 15.4 Å². The zero-order valence-corrected chi connectivity index (χ0v) is 15.0. The fourth-order valence-electron chi connectivity index (χ4n) is 2.33. The van der Waals surface area contributed by atoms with Gasteiger partial charge in [0.1, 0.15) is 18.0 Å². The van der Waals surface area contributed by atoms with Crippen molar-refractivity contribution < 1.29 is 9.53 Å². The molecule has 6 nitrogen and oxygen atoms in total. The SMILES string of the molecule is COC(=O)c1ccc(Nc2cc(Nc3cccc(Cl)c3C)ncn2)cc1. The topological polar surface area (TPSA) is 76.1 Å². The van der Waals surface area contributed by atoms with Gasteiger partial charge in [-0.15, -0.1) is 0 Å². The number of ether oxygens (including phenoxy) is 1. The van der Waals surface area contributed by atoms with Crippen LogP contribution in [0.4, 0.5) is 23.0 Å². The predicted molar refractivity (Wildman–Crippen MR) is 103 cm³/mol. The van der Waals surface area contributed by atoms with E-state index in [9.17, 15) is 4.79 Å². The largest absolute Gasteiger partial charge is 0.465 e. The van der Waals surface area contributed by atoms with Crippen molar-refractivity contribution in [1.29, 1.82) is 0 Å². The second-order valence-corrected chi connectivity index (χ2v) is 5.93. The summed E-state index contributed by atoms with van der Waals surface area (Å²) in [5.41, 5.74) is 3.10. The molecule has 0 saturated heterocycles. The highest BCUT2D eigenvalue weighted by Gasteiger charge is 2.06. The van der Waals surface area contributed by atoms with Crippen molar-refractivity contribution in [1.82, 2.24) is 9.97 Å². The summed E-state index contributed by atoms with van der Waals surface area (Å²) in [7, 11) is 1.35. The molecule has 0 saturated carbocycles. The fraction of sp³-hybridized carbons (Fsp3) is 0.105. The van der Waals surface area contributed by atoms with Crippen molar-refractivity contribution in [2.24, 2.45) is 0 Å². The number of hydrogen-bond acceptors (Lipinski definition) is 6. The van der Waals surface area contributed by atoms with Crippen LogP contribution in [0.5, 0.6) is 0 Å². The molecule has 0 bridgehead atoms. The van der Waals surface area contributed by atoms with E-state index in [1.807, 2.05) is 25.1 Å². The molecule has 132 valence electrons. The lowest BCUT2D eigenvalue weighted by molar-refractivity contribution is 0.0601. The molecule has 2 aromatic carbocycles. The van der Waals surface area contributed by atoms with Gasteiger partial charge in [0.15, 0.2) is 0 Å². The second kappa shape index (κ2) is 7.84. The van der Waals surface area contributed by atoms with Gasteiger partial charge in [-0.2, -0.15) is 0 Å². The molecule has 1 aromatic heterocycles. The average molecular weight is 369 g/mol. The van der Waals surface area contributed by atoms with Crippen LogP contribution in [0.1, 0.15) is 15.9 Å². The molecule has 0 spiro atoms. The number of benzene rings is 2. The van der Waals surface area contributed by atoms with Gasteiger partial charge in [0.05, 0.1) is 12.7 Å². The van der Waals surface area contributed by atoms with E-state index >= 15 is 0 Å². The number of nitrogens with one attached hydrogen (secondary N) is 2. The number of hydrogen-bond donors (Lipinski definition) is 2. The molecule has 0 aliphatic rings. The Labute approximate surface area is 156 Å². The second-order valence-electron chi connectivity index (χ2n) is 5.52. The zero-order valence-electron chi connectivity index (χ0n) is 14.3. The lowest BCUT2D eigenvalue weighted by Crippen LogP contribution is -2.02. The van der Waals surface area contributed by atoms with Crippen LogP contribution in [0.15, 0.2) is 54.9 Å². The molecule has 1 heterocycles. The Balaban J connectivity index is 1.75. The molecule has 3 rings (SSSR count). The van der Waals surface area contributed by atoms with E-state index in [2.05, 4.69) is 25.3 Å². The number of halogens is 1. The average Bonchev–Trinajstić information content (AvgIpc) is 2.66. The van der Waals surface area contributed by atoms with Gasteiger partial charge in [-0.25, -0.2) is 14.8 Å². The maximum Gasteiger partial charge on any atom is 0.337 e. The summed E-state index contributed by atoms with van der Waals surface area (Å²) < 4.78 is 4.69. The zero-order chi connectivity index (χ0) is 18.5. The minimum absolute atomic E-state index is 0.373. The molecule has 0 unspecified atom stereocenters. The Hall–Kier alpha value is -3.12. The summed E-state index contributed by atoms with van der Waals surface area (Å²) >= 11 is 6.15. The molecular formula is C19H17ClN4O2. The first-order valence-electron chi connectivity index (χ1n) is 7.86. The van der Waals surface area contributed by atoms with Crippen molar-refractivity contribution in [3.63, 3.8) is 0 Å². The van der Waals surface area contributed by atoms with Crippen molar-refractivity contribution in [2.45, 2.75) is 6.92 Å². The summed E-state index contributed by atoms with van der Waals surface area (Å²) in [5.74, 6) is 0.883. The Morgan fingerprint density at radius 1 is 1.04 bits per heavy atom. The van der Waals surface area contributed by atoms with Crippen molar-refractivity contribution in [3.05, 3.63) is 71.0 Å². The van der Waals surface area contributed by atoms with E-state index in [1.165, 1.54) is 13.4 Å². The van der Waals surface area contributed by atoms with E-state index in [1.54, 1.807) is 30.3 Å². The third-order valence-electron chi connectivity index (χ3n) is 3.78. The van der Waals surface area contributed by atoms with Crippen LogP contribution >= 0.6 is 11.6 Å². The van der Waals surface area contributed by atoms with Gasteiger partial charge in [0.2, 0.25) is 0 Å². The first kappa shape index (κ1) is 17.7. The van der Waals surface area contributed by atoms with Crippen LogP contribution in [-0.4, -0.2) is 23.0 Å². The number of aromatic nitrogens is 2. The first-order valence-corrected chi connectivity index (χ1v) is 8.24. The molecule has 0 fully saturated rings. The number of carbonyl (C=O) groups is 1. The molecule has 7 heteroatoms. The normalized spacial score (nSPS) is 10.3. The quantitative estimate of drug-likeness (QED) is 0.635. The Morgan fingerprint density at radius 3 is 2.42 bits per heavy atom. The van der Waals surface area contributed by atoms with E-state index in [-0.39, 0.29) is 5.97 Å². The number of nitrogens with zero attached hydrogens (tertiary/aromatic N) is 2. The van der Waals surface area contributed by atoms with Crippen molar-refractivity contribution in [3.8, 4) is 0 Å². The highest BCUT2D eigenvalue weighted by Crippen LogP contribution is 2.26.